The number of hydrogen-bond acceptors (Lipinski definition) is 6. The highest BCUT2D eigenvalue weighted by Crippen LogP contribution is 2.36. The third-order valence-electron chi connectivity index (χ3n) is 4.74. The third-order valence-corrected chi connectivity index (χ3v) is 5.54. The second-order valence-corrected chi connectivity index (χ2v) is 8.00. The molecule has 1 aliphatic rings. The molecule has 0 spiro atoms. The number of benzene rings is 2. The number of amides is 1. The Balaban J connectivity index is 1.81. The fourth-order valence-electron chi connectivity index (χ4n) is 3.22. The number of carbonyl (C=O) groups excluding carboxylic acids is 1. The van der Waals surface area contributed by atoms with Crippen LogP contribution in [0.5, 0.6) is 11.5 Å². The Labute approximate surface area is 175 Å². The van der Waals surface area contributed by atoms with Crippen LogP contribution in [0.4, 0.5) is 5.69 Å². The molecule has 3 N–H and O–H groups in total. The normalized spacial score (nSPS) is 18.7. The first-order chi connectivity index (χ1) is 13.9. The van der Waals surface area contributed by atoms with Gasteiger partial charge in [0.25, 0.3) is 5.91 Å². The quantitative estimate of drug-likeness (QED) is 0.702. The molecule has 0 radical (unpaired) electrons. The summed E-state index contributed by atoms with van der Waals surface area (Å²) < 4.78 is 11.2. The Morgan fingerprint density at radius 1 is 1.17 bits per heavy atom. The topological polar surface area (TPSA) is 85.9 Å². The maximum absolute atomic E-state index is 12.8. The van der Waals surface area contributed by atoms with E-state index < -0.39 is 0 Å². The van der Waals surface area contributed by atoms with Crippen LogP contribution in [-0.2, 0) is 5.54 Å². The number of thioether (sulfide) groups is 1. The lowest BCUT2D eigenvalue weighted by molar-refractivity contribution is 0.102. The smallest absolute Gasteiger partial charge is 0.255 e. The number of ether oxygens (including phenoxy) is 2. The third kappa shape index (κ3) is 5.03. The van der Waals surface area contributed by atoms with Gasteiger partial charge in [0.05, 0.1) is 18.8 Å². The van der Waals surface area contributed by atoms with E-state index >= 15 is 0 Å². The van der Waals surface area contributed by atoms with Crippen LogP contribution in [0.25, 0.3) is 0 Å². The van der Waals surface area contributed by atoms with Gasteiger partial charge >= 0.3 is 0 Å². The second kappa shape index (κ2) is 9.22. The van der Waals surface area contributed by atoms with E-state index in [1.807, 2.05) is 38.1 Å². The number of amidine groups is 1. The molecule has 0 aliphatic carbocycles. The fraction of sp³-hybridized carbons (Fsp3) is 0.364. The van der Waals surface area contributed by atoms with Gasteiger partial charge in [-0.1, -0.05) is 23.9 Å². The number of hydrogen-bond donors (Lipinski definition) is 2. The average Bonchev–Trinajstić information content (AvgIpc) is 2.70. The van der Waals surface area contributed by atoms with Crippen LogP contribution in [0.3, 0.4) is 0 Å². The van der Waals surface area contributed by atoms with Crippen molar-refractivity contribution in [3.8, 4) is 11.5 Å². The molecule has 154 valence electrons. The second-order valence-electron chi connectivity index (χ2n) is 6.88. The minimum absolute atomic E-state index is 0.210. The standard InChI is InChI=1S/C22H27N3O3S/c1-4-27-18-10-9-15(13-19(18)28-5-2)20(26)24-17-8-6-7-16(14-17)22(3)11-12-29-21(23)25-22/h6-10,13-14H,4-5,11-12H2,1-3H3,(H2,23,25)(H,24,26). The Kier molecular flexibility index (Phi) is 6.69. The molecule has 7 heteroatoms. The van der Waals surface area contributed by atoms with Crippen molar-refractivity contribution in [2.45, 2.75) is 32.7 Å². The first-order valence-corrected chi connectivity index (χ1v) is 10.7. The van der Waals surface area contributed by atoms with Crippen molar-refractivity contribution in [1.82, 2.24) is 0 Å². The molecule has 1 aliphatic heterocycles. The molecule has 29 heavy (non-hydrogen) atoms. The minimum atomic E-state index is -0.378. The summed E-state index contributed by atoms with van der Waals surface area (Å²) in [6.45, 7) is 6.90. The highest BCUT2D eigenvalue weighted by Gasteiger charge is 2.29. The van der Waals surface area contributed by atoms with Gasteiger partial charge in [-0.15, -0.1) is 0 Å². The van der Waals surface area contributed by atoms with Crippen LogP contribution in [0, 0.1) is 0 Å². The summed E-state index contributed by atoms with van der Waals surface area (Å²) in [4.78, 5) is 17.4. The molecule has 2 aromatic carbocycles. The predicted octanol–water partition coefficient (Wildman–Crippen LogP) is 4.40. The van der Waals surface area contributed by atoms with Crippen molar-refractivity contribution in [2.75, 3.05) is 24.3 Å². The highest BCUT2D eigenvalue weighted by molar-refractivity contribution is 8.13. The summed E-state index contributed by atoms with van der Waals surface area (Å²) in [6, 6.07) is 13.0. The van der Waals surface area contributed by atoms with Gasteiger partial charge in [-0.05, 0) is 63.1 Å². The van der Waals surface area contributed by atoms with Crippen molar-refractivity contribution >= 4 is 28.5 Å². The van der Waals surface area contributed by atoms with Crippen LogP contribution in [-0.4, -0.2) is 30.0 Å². The molecule has 1 heterocycles. The van der Waals surface area contributed by atoms with Crippen LogP contribution in [0.2, 0.25) is 0 Å². The largest absolute Gasteiger partial charge is 0.490 e. The molecule has 0 bridgehead atoms. The number of carbonyl (C=O) groups is 1. The lowest BCUT2D eigenvalue weighted by atomic mass is 9.89. The van der Waals surface area contributed by atoms with E-state index in [1.54, 1.807) is 30.0 Å². The van der Waals surface area contributed by atoms with E-state index in [0.717, 1.165) is 17.7 Å². The molecule has 1 amide bonds. The molecule has 0 saturated heterocycles. The molecule has 6 nitrogen and oxygen atoms in total. The molecule has 0 aromatic heterocycles. The maximum Gasteiger partial charge on any atom is 0.255 e. The molecular weight excluding hydrogens is 386 g/mol. The van der Waals surface area contributed by atoms with Gasteiger partial charge < -0.3 is 20.5 Å². The summed E-state index contributed by atoms with van der Waals surface area (Å²) in [5.41, 5.74) is 7.81. The summed E-state index contributed by atoms with van der Waals surface area (Å²) >= 11 is 1.57. The number of rotatable bonds is 7. The van der Waals surface area contributed by atoms with Crippen molar-refractivity contribution in [3.63, 3.8) is 0 Å². The number of aliphatic imine (C=N–C) groups is 1. The molecular formula is C22H27N3O3S. The summed E-state index contributed by atoms with van der Waals surface area (Å²) in [5.74, 6) is 1.91. The van der Waals surface area contributed by atoms with Crippen LogP contribution in [0.1, 0.15) is 43.1 Å². The summed E-state index contributed by atoms with van der Waals surface area (Å²) in [5, 5.41) is 3.57. The Hall–Kier alpha value is -2.67. The molecule has 1 atom stereocenters. The van der Waals surface area contributed by atoms with E-state index in [2.05, 4.69) is 17.2 Å². The Morgan fingerprint density at radius 3 is 2.66 bits per heavy atom. The first-order valence-electron chi connectivity index (χ1n) is 9.75. The van der Waals surface area contributed by atoms with E-state index in [1.165, 1.54) is 0 Å². The van der Waals surface area contributed by atoms with Gasteiger partial charge in [0.2, 0.25) is 0 Å². The number of nitrogens with zero attached hydrogens (tertiary/aromatic N) is 1. The molecule has 3 rings (SSSR count). The fourth-order valence-corrected chi connectivity index (χ4v) is 4.20. The summed E-state index contributed by atoms with van der Waals surface area (Å²) in [7, 11) is 0. The number of nitrogens with two attached hydrogens (primary N) is 1. The molecule has 2 aromatic rings. The molecule has 1 unspecified atom stereocenters. The van der Waals surface area contributed by atoms with Gasteiger partial charge in [0, 0.05) is 17.0 Å². The van der Waals surface area contributed by atoms with Crippen molar-refractivity contribution in [3.05, 3.63) is 53.6 Å². The Morgan fingerprint density at radius 2 is 1.93 bits per heavy atom. The lowest BCUT2D eigenvalue weighted by Gasteiger charge is -2.30. The van der Waals surface area contributed by atoms with Crippen molar-refractivity contribution in [2.24, 2.45) is 10.7 Å². The van der Waals surface area contributed by atoms with Crippen molar-refractivity contribution < 1.29 is 14.3 Å². The summed E-state index contributed by atoms with van der Waals surface area (Å²) in [6.07, 6.45) is 0.895. The number of nitrogens with one attached hydrogen (secondary N) is 1. The number of anilines is 1. The van der Waals surface area contributed by atoms with Gasteiger partial charge in [-0.3, -0.25) is 9.79 Å². The zero-order valence-corrected chi connectivity index (χ0v) is 17.8. The van der Waals surface area contributed by atoms with E-state index in [4.69, 9.17) is 15.2 Å². The van der Waals surface area contributed by atoms with Gasteiger partial charge in [0.1, 0.15) is 0 Å². The van der Waals surface area contributed by atoms with E-state index in [-0.39, 0.29) is 11.4 Å². The highest BCUT2D eigenvalue weighted by atomic mass is 32.2. The zero-order valence-electron chi connectivity index (χ0n) is 17.0. The average molecular weight is 414 g/mol. The zero-order chi connectivity index (χ0) is 20.9. The maximum atomic E-state index is 12.8. The van der Waals surface area contributed by atoms with Crippen LogP contribution < -0.4 is 20.5 Å². The van der Waals surface area contributed by atoms with E-state index in [9.17, 15) is 4.79 Å². The monoisotopic (exact) mass is 413 g/mol. The van der Waals surface area contributed by atoms with Crippen LogP contribution in [0.15, 0.2) is 47.5 Å². The predicted molar refractivity (Wildman–Crippen MR) is 119 cm³/mol. The first kappa shape index (κ1) is 21.0. The van der Waals surface area contributed by atoms with Gasteiger partial charge in [-0.25, -0.2) is 0 Å². The van der Waals surface area contributed by atoms with Gasteiger partial charge in [-0.2, -0.15) is 0 Å². The van der Waals surface area contributed by atoms with E-state index in [0.29, 0.717) is 41.1 Å². The van der Waals surface area contributed by atoms with Gasteiger partial charge in [0.15, 0.2) is 16.7 Å². The molecule has 0 saturated carbocycles. The van der Waals surface area contributed by atoms with Crippen molar-refractivity contribution in [1.29, 1.82) is 0 Å². The Bertz CT molecular complexity index is 916. The molecule has 0 fully saturated rings. The lowest BCUT2D eigenvalue weighted by Crippen LogP contribution is -2.28. The van der Waals surface area contributed by atoms with Crippen LogP contribution >= 0.6 is 11.8 Å². The minimum Gasteiger partial charge on any atom is -0.490 e. The SMILES string of the molecule is CCOc1ccc(C(=O)Nc2cccc(C3(C)CCSC(N)=N3)c2)cc1OCC.